The number of carbonyl (C=O) groups excluding carboxylic acids is 1. The summed E-state index contributed by atoms with van der Waals surface area (Å²) in [6.45, 7) is 70.0. The lowest BCUT2D eigenvalue weighted by molar-refractivity contribution is -0.266. The highest BCUT2D eigenvalue weighted by molar-refractivity contribution is 7.92. The van der Waals surface area contributed by atoms with Crippen LogP contribution in [0.25, 0.3) is 0 Å². The number of ketones is 1. The molecule has 5 aliphatic heterocycles. The Morgan fingerprint density at radius 1 is 0.653 bits per heavy atom. The predicted molar refractivity (Wildman–Crippen MR) is 412 cm³/mol. The van der Waals surface area contributed by atoms with E-state index in [1.54, 1.807) is 37.4 Å². The molecule has 0 saturated carbocycles. The zero-order valence-electron chi connectivity index (χ0n) is 66.6. The molecule has 1 aromatic carbocycles. The van der Waals surface area contributed by atoms with Gasteiger partial charge >= 0.3 is 0 Å². The number of hydrogen-bond donors (Lipinski definition) is 1. The minimum absolute atomic E-state index is 0.0346. The van der Waals surface area contributed by atoms with Crippen molar-refractivity contribution in [3.63, 3.8) is 0 Å². The summed E-state index contributed by atoms with van der Waals surface area (Å²) in [4.78, 5) is 16.6. The number of hydrogen-bond acceptors (Lipinski definition) is 15. The van der Waals surface area contributed by atoms with Gasteiger partial charge in [0, 0.05) is 38.9 Å². The maximum absolute atomic E-state index is 16.5. The van der Waals surface area contributed by atoms with Gasteiger partial charge < -0.3 is 55.7 Å². The fraction of sp³-hybridized carbons (Fsp3) is 0.831. The van der Waals surface area contributed by atoms with Gasteiger partial charge in [-0.05, 0) is 178 Å². The Morgan fingerprint density at radius 3 is 1.74 bits per heavy atom. The SMILES string of the molecule is C=C1C[C@H](CCCO)O[C@H]1CC[C@H]1C[C@@H](C)C(=C)[C@@H](C[C@@H]2O[C@H](C[C@@H](CO[Si](C)(C)C(C)(C)C)O[Si](C)(C)C(C)(C)C)[C@H](OC)[C@H]2C(C(=O)C[C@H]2CC[C@@H]3O[C@@H]([C@H](/C=C/C)O[Si](C)(C)C(C)(C)C)[C@@H](O[Si](C)(C)C(C)(C)C)[C@@H](O[Si](C)(C)C(C)(C)C)[C@H]3O2)S(=O)(=O)c2ccccc2)O1. The Bertz CT molecular complexity index is 2920. The maximum Gasteiger partial charge on any atom is 0.193 e. The average Bonchev–Trinajstić information content (AvgIpc) is 1.19. The number of ether oxygens (including phenoxy) is 6. The third-order valence-corrected chi connectivity index (χ3v) is 49.5. The average molecular weight is 1480 g/mol. The summed E-state index contributed by atoms with van der Waals surface area (Å²) in [7, 11) is -15.4. The van der Waals surface area contributed by atoms with Crippen molar-refractivity contribution in [2.75, 3.05) is 20.3 Å². The fourth-order valence-corrected chi connectivity index (χ4v) is 21.8. The Morgan fingerprint density at radius 2 is 1.20 bits per heavy atom. The van der Waals surface area contributed by atoms with Gasteiger partial charge in [0.1, 0.15) is 29.7 Å². The van der Waals surface area contributed by atoms with Crippen LogP contribution >= 0.6 is 0 Å². The molecule has 15 nitrogen and oxygen atoms in total. The molecule has 0 bridgehead atoms. The Hall–Kier alpha value is -1.34. The molecular formula is C77H140O15SSi5. The second-order valence-electron chi connectivity index (χ2n) is 37.5. The minimum atomic E-state index is -4.52. The third kappa shape index (κ3) is 20.6. The predicted octanol–water partition coefficient (Wildman–Crippen LogP) is 18.1. The molecule has 0 aromatic heterocycles. The molecule has 564 valence electrons. The van der Waals surface area contributed by atoms with Gasteiger partial charge in [0.2, 0.25) is 0 Å². The van der Waals surface area contributed by atoms with Crippen LogP contribution < -0.4 is 0 Å². The number of aliphatic hydroxyl groups excluding tert-OH is 1. The van der Waals surface area contributed by atoms with E-state index in [-0.39, 0.29) is 73.8 Å². The molecule has 5 aliphatic rings. The fourth-order valence-electron chi connectivity index (χ4n) is 13.5. The molecule has 0 amide bonds. The lowest BCUT2D eigenvalue weighted by atomic mass is 9.81. The van der Waals surface area contributed by atoms with E-state index in [4.69, 9.17) is 50.6 Å². The number of methoxy groups -OCH3 is 1. The van der Waals surface area contributed by atoms with E-state index < -0.39 is 142 Å². The number of allylic oxidation sites excluding steroid dienone is 1. The van der Waals surface area contributed by atoms with E-state index in [0.29, 0.717) is 38.7 Å². The van der Waals surface area contributed by atoms with Crippen LogP contribution in [-0.2, 0) is 65.2 Å². The highest BCUT2D eigenvalue weighted by Crippen LogP contribution is 2.50. The standard InChI is InChI=1S/C77H140O15SSi5/c1-31-36-62(90-96(25,26)75(11,12)13)69-71(92-98(29,30)77(17,18)19)70(91-97(27,28)76(14,15)16)68-61(88-69)43-41-56(86-68)47-59(79)72(93(80,81)58-38-33-32-34-39-58)66-64(49-63-53(4)51(2)45-55(85-63)40-42-60-52(3)46-54(84-60)37-35-44-78)87-65(67(66)82-20)48-57(89-95(23,24)74(8,9)10)50-83-94(21,22)73(5,6)7/h31-34,36,38-39,51,54-57,60-72,78H,3-4,35,37,40-50H2,1-2,5-30H3/b36-31+/t51-,54+,55+,56-,57+,60+,61+,62+,63-,64+,65-,66+,67+,68+,69+,70+,71-,72?/m1/s1. The largest absolute Gasteiger partial charge is 0.414 e. The zero-order chi connectivity index (χ0) is 74.1. The molecule has 5 saturated heterocycles. The second-order valence-corrected chi connectivity index (χ2v) is 63.4. The first kappa shape index (κ1) is 85.6. The van der Waals surface area contributed by atoms with Crippen molar-refractivity contribution >= 4 is 57.2 Å². The van der Waals surface area contributed by atoms with Crippen LogP contribution in [0.5, 0.6) is 0 Å². The van der Waals surface area contributed by atoms with Crippen molar-refractivity contribution in [3.05, 3.63) is 66.8 Å². The van der Waals surface area contributed by atoms with Gasteiger partial charge in [-0.2, -0.15) is 0 Å². The highest BCUT2D eigenvalue weighted by Gasteiger charge is 2.61. The molecular weight excluding hydrogens is 1340 g/mol. The van der Waals surface area contributed by atoms with Crippen molar-refractivity contribution in [1.29, 1.82) is 0 Å². The molecule has 1 unspecified atom stereocenters. The van der Waals surface area contributed by atoms with Gasteiger partial charge in [0.25, 0.3) is 0 Å². The number of aliphatic hydroxyl groups is 1. The van der Waals surface area contributed by atoms with Crippen molar-refractivity contribution in [2.45, 2.75) is 381 Å². The normalized spacial score (nSPS) is 30.4. The molecule has 1 N–H and O–H groups in total. The van der Waals surface area contributed by atoms with Crippen molar-refractivity contribution < 1.29 is 68.9 Å². The first-order valence-corrected chi connectivity index (χ1v) is 53.4. The summed E-state index contributed by atoms with van der Waals surface area (Å²) in [5.41, 5.74) is 1.97. The highest BCUT2D eigenvalue weighted by atomic mass is 32.2. The molecule has 5 heterocycles. The van der Waals surface area contributed by atoms with Crippen LogP contribution in [0.4, 0.5) is 0 Å². The van der Waals surface area contributed by atoms with Gasteiger partial charge in [-0.15, -0.1) is 0 Å². The molecule has 18 atom stereocenters. The number of fused-ring (bicyclic) bond motifs is 1. The number of rotatable bonds is 30. The van der Waals surface area contributed by atoms with Crippen LogP contribution in [0.15, 0.2) is 71.7 Å². The van der Waals surface area contributed by atoms with E-state index in [1.807, 2.05) is 6.92 Å². The Balaban J connectivity index is 1.49. The molecule has 98 heavy (non-hydrogen) atoms. The first-order chi connectivity index (χ1) is 44.7. The van der Waals surface area contributed by atoms with Gasteiger partial charge in [-0.3, -0.25) is 4.79 Å². The van der Waals surface area contributed by atoms with Crippen LogP contribution in [0, 0.1) is 11.8 Å². The van der Waals surface area contributed by atoms with Gasteiger partial charge in [0.15, 0.2) is 57.2 Å². The number of carbonyl (C=O) groups is 1. The molecule has 0 spiro atoms. The summed E-state index contributed by atoms with van der Waals surface area (Å²) < 4.78 is 113. The Labute approximate surface area is 602 Å². The first-order valence-electron chi connectivity index (χ1n) is 37.3. The molecule has 6 rings (SSSR count). The quantitative estimate of drug-likeness (QED) is 0.0569. The van der Waals surface area contributed by atoms with Gasteiger partial charge in [-0.1, -0.05) is 154 Å². The zero-order valence-corrected chi connectivity index (χ0v) is 72.4. The van der Waals surface area contributed by atoms with Crippen LogP contribution in [0.1, 0.15) is 188 Å². The molecule has 5 fully saturated rings. The number of sulfone groups is 1. The van der Waals surface area contributed by atoms with E-state index in [2.05, 4.69) is 202 Å². The van der Waals surface area contributed by atoms with E-state index in [9.17, 15) is 5.11 Å². The van der Waals surface area contributed by atoms with Crippen molar-refractivity contribution in [2.24, 2.45) is 11.8 Å². The minimum Gasteiger partial charge on any atom is -0.414 e. The molecule has 1 aromatic rings. The lowest BCUT2D eigenvalue weighted by Gasteiger charge is -2.56. The van der Waals surface area contributed by atoms with E-state index in [0.717, 1.165) is 36.8 Å². The smallest absolute Gasteiger partial charge is 0.193 e. The lowest BCUT2D eigenvalue weighted by Crippen LogP contribution is -2.69. The topological polar surface area (TPSA) is 173 Å². The molecule has 21 heteroatoms. The Kier molecular flexibility index (Phi) is 28.6. The summed E-state index contributed by atoms with van der Waals surface area (Å²) in [5.74, 6) is -1.43. The maximum atomic E-state index is 16.5. The van der Waals surface area contributed by atoms with Crippen molar-refractivity contribution in [1.82, 2.24) is 0 Å². The van der Waals surface area contributed by atoms with Crippen LogP contribution in [0.2, 0.25) is 90.7 Å². The van der Waals surface area contributed by atoms with E-state index in [1.165, 1.54) is 0 Å². The third-order valence-electron chi connectivity index (χ3n) is 24.9. The molecule has 0 aliphatic carbocycles. The van der Waals surface area contributed by atoms with Crippen molar-refractivity contribution in [3.8, 4) is 0 Å². The van der Waals surface area contributed by atoms with Gasteiger partial charge in [0.05, 0.1) is 78.6 Å². The summed E-state index contributed by atoms with van der Waals surface area (Å²) in [5, 5.41) is 7.23. The second kappa shape index (κ2) is 32.8. The van der Waals surface area contributed by atoms with Crippen LogP contribution in [0.3, 0.4) is 0 Å². The number of benzene rings is 1. The molecule has 0 radical (unpaired) electrons. The van der Waals surface area contributed by atoms with Gasteiger partial charge in [-0.25, -0.2) is 8.42 Å². The number of Topliss-reactive ketones (excluding diaryl/α,β-unsaturated/α-hetero) is 1. The van der Waals surface area contributed by atoms with E-state index >= 15 is 13.2 Å². The van der Waals surface area contributed by atoms with Crippen LogP contribution in [-0.4, -0.2) is 178 Å². The summed E-state index contributed by atoms with van der Waals surface area (Å²) >= 11 is 0. The monoisotopic (exact) mass is 1480 g/mol. The summed E-state index contributed by atoms with van der Waals surface area (Å²) in [6, 6.07) is 8.41. The summed E-state index contributed by atoms with van der Waals surface area (Å²) in [6.07, 6.45) is 2.09.